The van der Waals surface area contributed by atoms with Crippen LogP contribution in [0.4, 0.5) is 5.69 Å². The van der Waals surface area contributed by atoms with Gasteiger partial charge in [0.15, 0.2) is 11.5 Å². The highest BCUT2D eigenvalue weighted by atomic mass is 79.9. The van der Waals surface area contributed by atoms with E-state index < -0.39 is 17.7 Å². The Labute approximate surface area is 185 Å². The molecule has 0 saturated carbocycles. The molecule has 0 radical (unpaired) electrons. The summed E-state index contributed by atoms with van der Waals surface area (Å²) in [5, 5.41) is 6.65. The van der Waals surface area contributed by atoms with Crippen LogP contribution < -0.4 is 20.2 Å². The van der Waals surface area contributed by atoms with E-state index in [9.17, 15) is 9.59 Å². The Morgan fingerprint density at radius 2 is 1.93 bits per heavy atom. The summed E-state index contributed by atoms with van der Waals surface area (Å²) in [4.78, 5) is 24.5. The topological polar surface area (TPSA) is 89.0 Å². The predicted molar refractivity (Wildman–Crippen MR) is 121 cm³/mol. The van der Waals surface area contributed by atoms with Crippen LogP contribution in [0.2, 0.25) is 0 Å². The molecule has 2 aromatic rings. The standard InChI is InChI=1S/C22H26BrN3O4/c1-4-5-12-30-19-11-10-16(13-20(19)29-3)14-24-26-22(28)15(2)21(27)25-18-9-7-6-8-17(18)23/h6-11,13-15H,4-5,12H2,1-3H3,(H,25,27)(H,26,28). The first-order chi connectivity index (χ1) is 14.5. The number of hydrogen-bond acceptors (Lipinski definition) is 5. The molecule has 0 fully saturated rings. The zero-order valence-electron chi connectivity index (χ0n) is 17.3. The summed E-state index contributed by atoms with van der Waals surface area (Å²) in [6.07, 6.45) is 3.49. The lowest BCUT2D eigenvalue weighted by molar-refractivity contribution is -0.131. The normalized spacial score (nSPS) is 11.7. The Kier molecular flexibility index (Phi) is 9.34. The molecule has 0 spiro atoms. The number of para-hydroxylation sites is 1. The maximum atomic E-state index is 12.3. The highest BCUT2D eigenvalue weighted by Gasteiger charge is 2.21. The number of hydrazone groups is 1. The van der Waals surface area contributed by atoms with Gasteiger partial charge in [0.1, 0.15) is 5.92 Å². The molecule has 2 rings (SSSR count). The second-order valence-corrected chi connectivity index (χ2v) is 7.39. The van der Waals surface area contributed by atoms with Crippen LogP contribution in [0.5, 0.6) is 11.5 Å². The van der Waals surface area contributed by atoms with Crippen LogP contribution >= 0.6 is 15.9 Å². The average Bonchev–Trinajstić information content (AvgIpc) is 2.75. The first kappa shape index (κ1) is 23.4. The van der Waals surface area contributed by atoms with Crippen molar-refractivity contribution in [2.75, 3.05) is 19.0 Å². The van der Waals surface area contributed by atoms with E-state index in [2.05, 4.69) is 38.7 Å². The van der Waals surface area contributed by atoms with Gasteiger partial charge in [-0.2, -0.15) is 5.10 Å². The third-order valence-corrected chi connectivity index (χ3v) is 4.94. The number of halogens is 1. The molecule has 0 aliphatic heterocycles. The summed E-state index contributed by atoms with van der Waals surface area (Å²) < 4.78 is 11.8. The third kappa shape index (κ3) is 6.88. The molecule has 2 aromatic carbocycles. The van der Waals surface area contributed by atoms with E-state index in [1.165, 1.54) is 13.1 Å². The van der Waals surface area contributed by atoms with E-state index in [1.54, 1.807) is 37.4 Å². The number of ether oxygens (including phenoxy) is 2. The average molecular weight is 476 g/mol. The number of nitrogens with zero attached hydrogens (tertiary/aromatic N) is 1. The van der Waals surface area contributed by atoms with Crippen LogP contribution in [-0.2, 0) is 9.59 Å². The summed E-state index contributed by atoms with van der Waals surface area (Å²) >= 11 is 3.35. The summed E-state index contributed by atoms with van der Waals surface area (Å²) in [6, 6.07) is 12.5. The van der Waals surface area contributed by atoms with Crippen LogP contribution in [0.25, 0.3) is 0 Å². The Morgan fingerprint density at radius 1 is 1.17 bits per heavy atom. The Hall–Kier alpha value is -2.87. The number of amides is 2. The number of benzene rings is 2. The summed E-state index contributed by atoms with van der Waals surface area (Å²) in [5.41, 5.74) is 3.71. The summed E-state index contributed by atoms with van der Waals surface area (Å²) in [7, 11) is 1.57. The molecule has 1 unspecified atom stereocenters. The zero-order valence-corrected chi connectivity index (χ0v) is 18.9. The van der Waals surface area contributed by atoms with Crippen molar-refractivity contribution >= 4 is 39.6 Å². The van der Waals surface area contributed by atoms with Crippen molar-refractivity contribution in [3.8, 4) is 11.5 Å². The lowest BCUT2D eigenvalue weighted by Crippen LogP contribution is -2.34. The first-order valence-corrected chi connectivity index (χ1v) is 10.4. The molecule has 1 atom stereocenters. The minimum atomic E-state index is -0.918. The fourth-order valence-corrected chi connectivity index (χ4v) is 2.78. The highest BCUT2D eigenvalue weighted by Crippen LogP contribution is 2.27. The van der Waals surface area contributed by atoms with Crippen molar-refractivity contribution in [1.82, 2.24) is 5.43 Å². The molecule has 0 aromatic heterocycles. The van der Waals surface area contributed by atoms with Gasteiger partial charge in [-0.15, -0.1) is 0 Å². The van der Waals surface area contributed by atoms with Gasteiger partial charge in [-0.3, -0.25) is 9.59 Å². The number of unbranched alkanes of at least 4 members (excludes halogenated alkanes) is 1. The minimum absolute atomic E-state index is 0.426. The first-order valence-electron chi connectivity index (χ1n) is 9.65. The van der Waals surface area contributed by atoms with Gasteiger partial charge in [0.05, 0.1) is 25.6 Å². The molecule has 0 bridgehead atoms. The van der Waals surface area contributed by atoms with Crippen molar-refractivity contribution in [1.29, 1.82) is 0 Å². The van der Waals surface area contributed by atoms with Crippen molar-refractivity contribution in [3.05, 3.63) is 52.5 Å². The highest BCUT2D eigenvalue weighted by molar-refractivity contribution is 9.10. The van der Waals surface area contributed by atoms with Gasteiger partial charge in [0, 0.05) is 4.47 Å². The van der Waals surface area contributed by atoms with E-state index in [1.807, 2.05) is 12.1 Å². The van der Waals surface area contributed by atoms with Crippen LogP contribution in [-0.4, -0.2) is 31.7 Å². The molecular formula is C22H26BrN3O4. The van der Waals surface area contributed by atoms with Gasteiger partial charge in [-0.1, -0.05) is 25.5 Å². The van der Waals surface area contributed by atoms with Crippen molar-refractivity contribution < 1.29 is 19.1 Å². The van der Waals surface area contributed by atoms with Crippen LogP contribution in [0.15, 0.2) is 52.0 Å². The molecular weight excluding hydrogens is 450 g/mol. The number of carbonyl (C=O) groups is 2. The summed E-state index contributed by atoms with van der Waals surface area (Å²) in [5.74, 6) is -0.614. The molecule has 0 heterocycles. The molecule has 0 aliphatic carbocycles. The molecule has 8 heteroatoms. The van der Waals surface area contributed by atoms with Crippen molar-refractivity contribution in [3.63, 3.8) is 0 Å². The van der Waals surface area contributed by atoms with E-state index >= 15 is 0 Å². The molecule has 0 saturated heterocycles. The number of methoxy groups -OCH3 is 1. The van der Waals surface area contributed by atoms with Crippen molar-refractivity contribution in [2.45, 2.75) is 26.7 Å². The van der Waals surface area contributed by atoms with E-state index in [0.29, 0.717) is 23.8 Å². The lowest BCUT2D eigenvalue weighted by Gasteiger charge is -2.12. The van der Waals surface area contributed by atoms with Gasteiger partial charge in [0.2, 0.25) is 5.91 Å². The third-order valence-electron chi connectivity index (χ3n) is 4.25. The zero-order chi connectivity index (χ0) is 21.9. The number of rotatable bonds is 10. The Balaban J connectivity index is 1.92. The molecule has 2 amide bonds. The minimum Gasteiger partial charge on any atom is -0.493 e. The fraction of sp³-hybridized carbons (Fsp3) is 0.318. The predicted octanol–water partition coefficient (Wildman–Crippen LogP) is 4.36. The van der Waals surface area contributed by atoms with Crippen LogP contribution in [0, 0.1) is 5.92 Å². The second-order valence-electron chi connectivity index (χ2n) is 6.54. The number of carbonyl (C=O) groups excluding carboxylic acids is 2. The van der Waals surface area contributed by atoms with Gasteiger partial charge < -0.3 is 14.8 Å². The summed E-state index contributed by atoms with van der Waals surface area (Å²) in [6.45, 7) is 4.23. The molecule has 0 aliphatic rings. The van der Waals surface area contributed by atoms with Crippen LogP contribution in [0.1, 0.15) is 32.3 Å². The Bertz CT molecular complexity index is 902. The molecule has 160 valence electrons. The number of hydrogen-bond donors (Lipinski definition) is 2. The monoisotopic (exact) mass is 475 g/mol. The van der Waals surface area contributed by atoms with E-state index in [4.69, 9.17) is 9.47 Å². The second kappa shape index (κ2) is 12.0. The van der Waals surface area contributed by atoms with Gasteiger partial charge >= 0.3 is 0 Å². The Morgan fingerprint density at radius 3 is 2.63 bits per heavy atom. The fourth-order valence-electron chi connectivity index (χ4n) is 2.40. The molecule has 30 heavy (non-hydrogen) atoms. The van der Waals surface area contributed by atoms with Crippen molar-refractivity contribution in [2.24, 2.45) is 11.0 Å². The smallest absolute Gasteiger partial charge is 0.252 e. The largest absolute Gasteiger partial charge is 0.493 e. The molecule has 7 nitrogen and oxygen atoms in total. The van der Waals surface area contributed by atoms with Crippen LogP contribution in [0.3, 0.4) is 0 Å². The number of anilines is 1. The molecule has 2 N–H and O–H groups in total. The maximum absolute atomic E-state index is 12.3. The van der Waals surface area contributed by atoms with Gasteiger partial charge in [-0.25, -0.2) is 5.43 Å². The maximum Gasteiger partial charge on any atom is 0.252 e. The lowest BCUT2D eigenvalue weighted by atomic mass is 10.1. The van der Waals surface area contributed by atoms with E-state index in [0.717, 1.165) is 22.9 Å². The van der Waals surface area contributed by atoms with E-state index in [-0.39, 0.29) is 0 Å². The SMILES string of the molecule is CCCCOc1ccc(C=NNC(=O)C(C)C(=O)Nc2ccccc2Br)cc1OC. The quantitative estimate of drug-likeness (QED) is 0.231. The van der Waals surface area contributed by atoms with Gasteiger partial charge in [0.25, 0.3) is 5.91 Å². The van der Waals surface area contributed by atoms with Gasteiger partial charge in [-0.05, 0) is 65.2 Å². The number of nitrogens with one attached hydrogen (secondary N) is 2.